The summed E-state index contributed by atoms with van der Waals surface area (Å²) in [6, 6.07) is 6.54. The van der Waals surface area contributed by atoms with Gasteiger partial charge in [0, 0.05) is 0 Å². The highest BCUT2D eigenvalue weighted by atomic mass is 32.2. The average molecular weight is 286 g/mol. The van der Waals surface area contributed by atoms with E-state index in [-0.39, 0.29) is 4.90 Å². The van der Waals surface area contributed by atoms with Crippen molar-refractivity contribution in [2.45, 2.75) is 31.1 Å². The van der Waals surface area contributed by atoms with E-state index in [2.05, 4.69) is 18.6 Å². The lowest BCUT2D eigenvalue weighted by Crippen LogP contribution is -2.41. The summed E-state index contributed by atoms with van der Waals surface area (Å²) < 4.78 is 27.9. The number of carbonyl (C=O) groups is 1. The molecule has 0 radical (unpaired) electrons. The van der Waals surface area contributed by atoms with Gasteiger partial charge in [0.25, 0.3) is 10.0 Å². The third-order valence-corrected chi connectivity index (χ3v) is 4.11. The second kappa shape index (κ2) is 6.53. The van der Waals surface area contributed by atoms with Gasteiger partial charge in [0.1, 0.15) is 0 Å². The lowest BCUT2D eigenvalue weighted by molar-refractivity contribution is 0.169. The van der Waals surface area contributed by atoms with E-state index >= 15 is 0 Å². The van der Waals surface area contributed by atoms with Crippen LogP contribution in [0.2, 0.25) is 0 Å². The van der Waals surface area contributed by atoms with E-state index in [9.17, 15) is 13.2 Å². The Hall–Kier alpha value is -1.60. The summed E-state index contributed by atoms with van der Waals surface area (Å²) in [5.41, 5.74) is 2.99. The largest absolute Gasteiger partial charge is 0.452 e. The molecule has 0 saturated heterocycles. The van der Waals surface area contributed by atoms with Gasteiger partial charge in [-0.3, -0.25) is 0 Å². The van der Waals surface area contributed by atoms with E-state index in [1.807, 2.05) is 10.3 Å². The van der Waals surface area contributed by atoms with Gasteiger partial charge in [0.2, 0.25) is 0 Å². The molecule has 1 rings (SSSR count). The molecule has 0 aliphatic rings. The fraction of sp³-hybridized carbons (Fsp3) is 0.417. The first-order valence-corrected chi connectivity index (χ1v) is 7.34. The van der Waals surface area contributed by atoms with Crippen LogP contribution in [0.15, 0.2) is 29.2 Å². The normalized spacial score (nSPS) is 12.8. The van der Waals surface area contributed by atoms with E-state index in [0.717, 1.165) is 19.1 Å². The van der Waals surface area contributed by atoms with E-state index in [1.165, 1.54) is 12.1 Å². The number of hydrogen-bond donors (Lipinski definition) is 2. The van der Waals surface area contributed by atoms with Crippen molar-refractivity contribution < 1.29 is 17.9 Å². The summed E-state index contributed by atoms with van der Waals surface area (Å²) in [6.45, 7) is 4.14. The van der Waals surface area contributed by atoms with E-state index in [0.29, 0.717) is 5.92 Å². The van der Waals surface area contributed by atoms with Gasteiger partial charge in [-0.2, -0.15) is 0 Å². The number of carbonyl (C=O) groups excluding carboxylic acids is 1. The molecule has 0 aliphatic carbocycles. The molecule has 6 nitrogen and oxygen atoms in total. The first kappa shape index (κ1) is 15.5. The van der Waals surface area contributed by atoms with Crippen molar-refractivity contribution in [2.24, 2.45) is 0 Å². The molecule has 19 heavy (non-hydrogen) atoms. The Balaban J connectivity index is 2.82. The first-order chi connectivity index (χ1) is 8.90. The number of rotatable bonds is 5. The first-order valence-electron chi connectivity index (χ1n) is 5.86. The maximum Gasteiger partial charge on any atom is 0.422 e. The minimum absolute atomic E-state index is 0.0796. The predicted octanol–water partition coefficient (Wildman–Crippen LogP) is 1.75. The minimum Gasteiger partial charge on any atom is -0.452 e. The topological polar surface area (TPSA) is 84.5 Å². The number of hydrazine groups is 1. The second-order valence-electron chi connectivity index (χ2n) is 4.10. The van der Waals surface area contributed by atoms with Gasteiger partial charge in [-0.25, -0.2) is 18.6 Å². The highest BCUT2D eigenvalue weighted by Crippen LogP contribution is 2.20. The number of ether oxygens (including phenoxy) is 1. The van der Waals surface area contributed by atoms with Crippen LogP contribution in [0.1, 0.15) is 31.7 Å². The van der Waals surface area contributed by atoms with Gasteiger partial charge in [-0.1, -0.05) is 26.0 Å². The van der Waals surface area contributed by atoms with E-state index in [4.69, 9.17) is 0 Å². The Morgan fingerprint density at radius 2 is 1.89 bits per heavy atom. The molecule has 1 aromatic carbocycles. The third kappa shape index (κ3) is 4.22. The van der Waals surface area contributed by atoms with Gasteiger partial charge < -0.3 is 4.74 Å². The maximum absolute atomic E-state index is 11.8. The number of hydrogen-bond acceptors (Lipinski definition) is 4. The van der Waals surface area contributed by atoms with Crippen LogP contribution in [0.5, 0.6) is 0 Å². The molecule has 0 aromatic heterocycles. The molecule has 1 unspecified atom stereocenters. The van der Waals surface area contributed by atoms with Gasteiger partial charge in [0.05, 0.1) is 12.0 Å². The van der Waals surface area contributed by atoms with E-state index < -0.39 is 16.1 Å². The number of nitrogens with one attached hydrogen (secondary N) is 2. The van der Waals surface area contributed by atoms with Crippen LogP contribution in [0, 0.1) is 0 Å². The molecule has 0 aliphatic heterocycles. The molecule has 0 bridgehead atoms. The fourth-order valence-corrected chi connectivity index (χ4v) is 2.26. The molecule has 2 N–H and O–H groups in total. The Morgan fingerprint density at radius 3 is 2.37 bits per heavy atom. The summed E-state index contributed by atoms with van der Waals surface area (Å²) in [4.78, 5) is 12.8. The lowest BCUT2D eigenvalue weighted by Gasteiger charge is -2.11. The summed E-state index contributed by atoms with van der Waals surface area (Å²) >= 11 is 0. The lowest BCUT2D eigenvalue weighted by atomic mass is 9.99. The van der Waals surface area contributed by atoms with Gasteiger partial charge in [-0.15, -0.1) is 4.83 Å². The second-order valence-corrected chi connectivity index (χ2v) is 5.78. The van der Waals surface area contributed by atoms with Crippen LogP contribution in [0.4, 0.5) is 4.79 Å². The number of methoxy groups -OCH3 is 1. The van der Waals surface area contributed by atoms with Gasteiger partial charge >= 0.3 is 6.09 Å². The molecule has 0 fully saturated rings. The molecule has 106 valence electrons. The smallest absolute Gasteiger partial charge is 0.422 e. The van der Waals surface area contributed by atoms with Crippen molar-refractivity contribution >= 4 is 16.1 Å². The summed E-state index contributed by atoms with van der Waals surface area (Å²) in [6.07, 6.45) is 0.105. The van der Waals surface area contributed by atoms with Crippen LogP contribution >= 0.6 is 0 Å². The molecule has 7 heteroatoms. The van der Waals surface area contributed by atoms with Crippen LogP contribution in [-0.4, -0.2) is 21.6 Å². The zero-order valence-electron chi connectivity index (χ0n) is 11.1. The highest BCUT2D eigenvalue weighted by Gasteiger charge is 2.15. The Bertz CT molecular complexity index is 525. The Morgan fingerprint density at radius 1 is 1.32 bits per heavy atom. The van der Waals surface area contributed by atoms with Crippen LogP contribution in [-0.2, 0) is 14.8 Å². The van der Waals surface area contributed by atoms with Crippen molar-refractivity contribution in [1.82, 2.24) is 10.3 Å². The summed E-state index contributed by atoms with van der Waals surface area (Å²) in [5, 5.41) is 0. The summed E-state index contributed by atoms with van der Waals surface area (Å²) in [5.74, 6) is 0.373. The van der Waals surface area contributed by atoms with Crippen molar-refractivity contribution in [1.29, 1.82) is 0 Å². The molecule has 1 aromatic rings. The number of amides is 1. The Labute approximate surface area is 113 Å². The van der Waals surface area contributed by atoms with Crippen LogP contribution in [0.25, 0.3) is 0 Å². The molecule has 1 amide bonds. The van der Waals surface area contributed by atoms with Crippen LogP contribution < -0.4 is 10.3 Å². The predicted molar refractivity (Wildman–Crippen MR) is 71.0 cm³/mol. The maximum atomic E-state index is 11.8. The zero-order valence-corrected chi connectivity index (χ0v) is 12.0. The van der Waals surface area contributed by atoms with Gasteiger partial charge in [-0.05, 0) is 30.0 Å². The quantitative estimate of drug-likeness (QED) is 0.808. The SMILES string of the molecule is CCC(C)c1ccc(S(=O)(=O)NNC(=O)OC)cc1. The molecule has 0 saturated carbocycles. The average Bonchev–Trinajstić information content (AvgIpc) is 2.44. The molecule has 0 heterocycles. The van der Waals surface area contributed by atoms with Crippen molar-refractivity contribution in [3.05, 3.63) is 29.8 Å². The van der Waals surface area contributed by atoms with Crippen LogP contribution in [0.3, 0.4) is 0 Å². The standard InChI is InChI=1S/C12H18N2O4S/c1-4-9(2)10-5-7-11(8-6-10)19(16,17)14-13-12(15)18-3/h5-9,14H,4H2,1-3H3,(H,13,15). The van der Waals surface area contributed by atoms with E-state index in [1.54, 1.807) is 12.1 Å². The van der Waals surface area contributed by atoms with Crippen molar-refractivity contribution in [3.63, 3.8) is 0 Å². The zero-order chi connectivity index (χ0) is 14.5. The molecular formula is C12H18N2O4S. The highest BCUT2D eigenvalue weighted by molar-refractivity contribution is 7.89. The Kier molecular flexibility index (Phi) is 5.31. The van der Waals surface area contributed by atoms with Gasteiger partial charge in [0.15, 0.2) is 0 Å². The molecule has 1 atom stereocenters. The third-order valence-electron chi connectivity index (χ3n) is 2.84. The monoisotopic (exact) mass is 286 g/mol. The summed E-state index contributed by atoms with van der Waals surface area (Å²) in [7, 11) is -2.63. The fourth-order valence-electron chi connectivity index (χ4n) is 1.43. The number of sulfonamides is 1. The molecule has 0 spiro atoms. The molecular weight excluding hydrogens is 268 g/mol. The minimum atomic E-state index is -3.78. The van der Waals surface area contributed by atoms with Crippen molar-refractivity contribution in [3.8, 4) is 0 Å². The van der Waals surface area contributed by atoms with Crippen molar-refractivity contribution in [2.75, 3.05) is 7.11 Å². The number of benzene rings is 1.